The number of likely N-dealkylation sites (N-methyl/N-ethyl adjacent to an activating group) is 1. The number of nitrogens with zero attached hydrogens (tertiary/aromatic N) is 2. The first-order valence-electron chi connectivity index (χ1n) is 7.89. The smallest absolute Gasteiger partial charge is 0.315 e. The van der Waals surface area contributed by atoms with E-state index in [9.17, 15) is 13.2 Å². The number of hydrogen-bond donors (Lipinski definition) is 2. The largest absolute Gasteiger partial charge is 0.336 e. The third-order valence-electron chi connectivity index (χ3n) is 3.52. The average Bonchev–Trinajstić information content (AvgIpc) is 2.45. The van der Waals surface area contributed by atoms with Gasteiger partial charge in [0.25, 0.3) is 10.0 Å². The van der Waals surface area contributed by atoms with Crippen molar-refractivity contribution in [2.45, 2.75) is 51.7 Å². The first kappa shape index (κ1) is 20.4. The van der Waals surface area contributed by atoms with Gasteiger partial charge in [0, 0.05) is 31.9 Å². The Balaban J connectivity index is 2.92. The Labute approximate surface area is 144 Å². The van der Waals surface area contributed by atoms with Crippen molar-refractivity contribution in [3.05, 3.63) is 24.4 Å². The Morgan fingerprint density at radius 3 is 2.33 bits per heavy atom. The summed E-state index contributed by atoms with van der Waals surface area (Å²) in [6.45, 7) is 9.73. The van der Waals surface area contributed by atoms with E-state index in [1.165, 1.54) is 23.6 Å². The number of aromatic nitrogens is 1. The molecule has 8 heteroatoms. The molecule has 0 spiro atoms. The number of rotatable bonds is 6. The number of sulfonamides is 1. The molecule has 136 valence electrons. The predicted molar refractivity (Wildman–Crippen MR) is 94.1 cm³/mol. The van der Waals surface area contributed by atoms with Gasteiger partial charge in [0.1, 0.15) is 0 Å². The van der Waals surface area contributed by atoms with E-state index in [-0.39, 0.29) is 35.1 Å². The van der Waals surface area contributed by atoms with Crippen LogP contribution < -0.4 is 10.6 Å². The molecule has 1 rings (SSSR count). The van der Waals surface area contributed by atoms with E-state index < -0.39 is 10.0 Å². The summed E-state index contributed by atoms with van der Waals surface area (Å²) in [4.78, 5) is 15.9. The van der Waals surface area contributed by atoms with E-state index in [0.717, 1.165) is 0 Å². The first-order chi connectivity index (χ1) is 10.9. The van der Waals surface area contributed by atoms with Crippen molar-refractivity contribution in [3.8, 4) is 0 Å². The van der Waals surface area contributed by atoms with Crippen LogP contribution in [0.25, 0.3) is 0 Å². The lowest BCUT2D eigenvalue weighted by atomic mass is 9.87. The molecule has 0 saturated heterocycles. The van der Waals surface area contributed by atoms with Gasteiger partial charge in [0.15, 0.2) is 5.03 Å². The maximum atomic E-state index is 12.6. The molecule has 0 bridgehead atoms. The van der Waals surface area contributed by atoms with Gasteiger partial charge >= 0.3 is 6.03 Å². The topological polar surface area (TPSA) is 91.4 Å². The van der Waals surface area contributed by atoms with Crippen LogP contribution in [0.2, 0.25) is 0 Å². The fraction of sp³-hybridized carbons (Fsp3) is 0.625. The molecular formula is C16H28N4O3S. The van der Waals surface area contributed by atoms with Crippen molar-refractivity contribution < 1.29 is 13.2 Å². The van der Waals surface area contributed by atoms with E-state index in [1.807, 2.05) is 34.6 Å². The molecule has 0 radical (unpaired) electrons. The van der Waals surface area contributed by atoms with Gasteiger partial charge in [0.2, 0.25) is 0 Å². The number of urea groups is 1. The molecule has 1 unspecified atom stereocenters. The lowest BCUT2D eigenvalue weighted by Gasteiger charge is -2.34. The Hall–Kier alpha value is -1.67. The maximum absolute atomic E-state index is 12.6. The molecule has 0 aliphatic rings. The van der Waals surface area contributed by atoms with E-state index in [4.69, 9.17) is 0 Å². The summed E-state index contributed by atoms with van der Waals surface area (Å²) in [7, 11) is -2.21. The van der Waals surface area contributed by atoms with Gasteiger partial charge in [0.05, 0.1) is 0 Å². The second-order valence-corrected chi connectivity index (χ2v) is 9.14. The molecule has 24 heavy (non-hydrogen) atoms. The number of carbonyl (C=O) groups is 1. The van der Waals surface area contributed by atoms with Crippen LogP contribution in [0.4, 0.5) is 4.79 Å². The number of hydrogen-bond acceptors (Lipinski definition) is 4. The Morgan fingerprint density at radius 1 is 1.25 bits per heavy atom. The molecule has 1 aromatic heterocycles. The molecule has 1 aromatic rings. The lowest BCUT2D eigenvalue weighted by molar-refractivity contribution is 0.205. The van der Waals surface area contributed by atoms with Crippen LogP contribution in [0.1, 0.15) is 34.6 Å². The van der Waals surface area contributed by atoms with Crippen LogP contribution >= 0.6 is 0 Å². The van der Waals surface area contributed by atoms with Crippen LogP contribution in [0, 0.1) is 5.41 Å². The Morgan fingerprint density at radius 2 is 1.88 bits per heavy atom. The van der Waals surface area contributed by atoms with Gasteiger partial charge in [-0.25, -0.2) is 18.2 Å². The number of nitrogens with one attached hydrogen (secondary N) is 2. The first-order valence-corrected chi connectivity index (χ1v) is 9.33. The summed E-state index contributed by atoms with van der Waals surface area (Å²) in [5.41, 5.74) is -0.317. The highest BCUT2D eigenvalue weighted by Gasteiger charge is 2.32. The van der Waals surface area contributed by atoms with Gasteiger partial charge in [-0.05, 0) is 31.4 Å². The Bertz CT molecular complexity index is 639. The standard InChI is InChI=1S/C16H28N4O3S/c1-12(2)18-15(21)19-13(16(3,4)5)11-20(6)24(22,23)14-9-7-8-10-17-14/h7-10,12-13H,11H2,1-6H3,(H2,18,19,21). The molecule has 0 fully saturated rings. The number of carbonyl (C=O) groups excluding carboxylic acids is 1. The normalized spacial score (nSPS) is 13.8. The van der Waals surface area contributed by atoms with E-state index in [1.54, 1.807) is 12.1 Å². The zero-order chi connectivity index (χ0) is 18.5. The van der Waals surface area contributed by atoms with Gasteiger partial charge in [-0.2, -0.15) is 4.31 Å². The minimum Gasteiger partial charge on any atom is -0.336 e. The minimum absolute atomic E-state index is 0.000555. The van der Waals surface area contributed by atoms with E-state index in [0.29, 0.717) is 0 Å². The second-order valence-electron chi connectivity index (χ2n) is 7.14. The van der Waals surface area contributed by atoms with Crippen molar-refractivity contribution in [1.82, 2.24) is 19.9 Å². The summed E-state index contributed by atoms with van der Waals surface area (Å²) in [6, 6.07) is 4.07. The van der Waals surface area contributed by atoms with Crippen molar-refractivity contribution in [1.29, 1.82) is 0 Å². The number of pyridine rings is 1. The molecule has 1 atom stereocenters. The number of amides is 2. The highest BCUT2D eigenvalue weighted by atomic mass is 32.2. The zero-order valence-corrected chi connectivity index (χ0v) is 16.0. The van der Waals surface area contributed by atoms with E-state index in [2.05, 4.69) is 15.6 Å². The zero-order valence-electron chi connectivity index (χ0n) is 15.2. The lowest BCUT2D eigenvalue weighted by Crippen LogP contribution is -2.54. The molecule has 1 heterocycles. The van der Waals surface area contributed by atoms with Crippen LogP contribution in [0.3, 0.4) is 0 Å². The molecule has 7 nitrogen and oxygen atoms in total. The summed E-state index contributed by atoms with van der Waals surface area (Å²) in [5, 5.41) is 5.62. The van der Waals surface area contributed by atoms with Gasteiger partial charge in [-0.15, -0.1) is 0 Å². The fourth-order valence-electron chi connectivity index (χ4n) is 2.01. The van der Waals surface area contributed by atoms with Gasteiger partial charge in [-0.1, -0.05) is 26.8 Å². The van der Waals surface area contributed by atoms with Crippen LogP contribution in [-0.2, 0) is 10.0 Å². The molecule has 0 aromatic carbocycles. The monoisotopic (exact) mass is 356 g/mol. The quantitative estimate of drug-likeness (QED) is 0.813. The molecule has 2 N–H and O–H groups in total. The maximum Gasteiger partial charge on any atom is 0.315 e. The summed E-state index contributed by atoms with van der Waals surface area (Å²) in [5.74, 6) is 0. The minimum atomic E-state index is -3.70. The third-order valence-corrected chi connectivity index (χ3v) is 5.26. The molecule has 2 amide bonds. The van der Waals surface area contributed by atoms with Crippen LogP contribution in [0.5, 0.6) is 0 Å². The van der Waals surface area contributed by atoms with E-state index >= 15 is 0 Å². The molecule has 0 aliphatic carbocycles. The van der Waals surface area contributed by atoms with Crippen molar-refractivity contribution in [2.75, 3.05) is 13.6 Å². The third kappa shape index (κ3) is 5.76. The highest BCUT2D eigenvalue weighted by molar-refractivity contribution is 7.89. The molecule has 0 aliphatic heterocycles. The van der Waals surface area contributed by atoms with Crippen LogP contribution in [0.15, 0.2) is 29.4 Å². The second kappa shape index (κ2) is 7.94. The van der Waals surface area contributed by atoms with Crippen molar-refractivity contribution >= 4 is 16.1 Å². The van der Waals surface area contributed by atoms with Gasteiger partial charge in [-0.3, -0.25) is 0 Å². The van der Waals surface area contributed by atoms with Gasteiger partial charge < -0.3 is 10.6 Å². The van der Waals surface area contributed by atoms with Crippen molar-refractivity contribution in [3.63, 3.8) is 0 Å². The summed E-state index contributed by atoms with van der Waals surface area (Å²) < 4.78 is 26.4. The fourth-order valence-corrected chi connectivity index (χ4v) is 3.12. The average molecular weight is 356 g/mol. The molecular weight excluding hydrogens is 328 g/mol. The summed E-state index contributed by atoms with van der Waals surface area (Å²) in [6.07, 6.45) is 1.44. The Kier molecular flexibility index (Phi) is 6.74. The highest BCUT2D eigenvalue weighted by Crippen LogP contribution is 2.22. The summed E-state index contributed by atoms with van der Waals surface area (Å²) >= 11 is 0. The van der Waals surface area contributed by atoms with Crippen molar-refractivity contribution in [2.24, 2.45) is 5.41 Å². The molecule has 0 saturated carbocycles. The SMILES string of the molecule is CC(C)NC(=O)NC(CN(C)S(=O)(=O)c1ccccn1)C(C)(C)C. The predicted octanol–water partition coefficient (Wildman–Crippen LogP) is 1.82. The van der Waals surface area contributed by atoms with Crippen LogP contribution in [-0.4, -0.2) is 49.4 Å².